The average molecular weight is 438 g/mol. The Balaban J connectivity index is 1.43. The van der Waals surface area contributed by atoms with Crippen LogP contribution in [0.2, 0.25) is 0 Å². The Hall–Kier alpha value is -2.81. The summed E-state index contributed by atoms with van der Waals surface area (Å²) in [4.78, 5) is 34.4. The monoisotopic (exact) mass is 437 g/mol. The summed E-state index contributed by atoms with van der Waals surface area (Å²) in [6.07, 6.45) is 0. The highest BCUT2D eigenvalue weighted by Crippen LogP contribution is 2.24. The first kappa shape index (κ1) is 21.4. The van der Waals surface area contributed by atoms with E-state index in [1.165, 1.54) is 5.56 Å². The molecule has 4 rings (SSSR count). The molecule has 1 aliphatic rings. The number of carbonyl (C=O) groups is 2. The largest absolute Gasteiger partial charge is 0.346 e. The lowest BCUT2D eigenvalue weighted by molar-refractivity contribution is -0.136. The van der Waals surface area contributed by atoms with Crippen molar-refractivity contribution < 1.29 is 9.59 Å². The number of thiophene rings is 1. The van der Waals surface area contributed by atoms with Gasteiger partial charge in [0.05, 0.1) is 17.2 Å². The third-order valence-electron chi connectivity index (χ3n) is 5.66. The molecule has 162 valence electrons. The predicted molar refractivity (Wildman–Crippen MR) is 124 cm³/mol. The Kier molecular flexibility index (Phi) is 6.60. The van der Waals surface area contributed by atoms with Gasteiger partial charge in [-0.1, -0.05) is 18.2 Å². The van der Waals surface area contributed by atoms with E-state index in [2.05, 4.69) is 43.9 Å². The molecule has 2 aromatic heterocycles. The van der Waals surface area contributed by atoms with Crippen molar-refractivity contribution in [2.75, 3.05) is 45.1 Å². The van der Waals surface area contributed by atoms with Gasteiger partial charge in [-0.05, 0) is 48.5 Å². The highest BCUT2D eigenvalue weighted by molar-refractivity contribution is 7.08. The van der Waals surface area contributed by atoms with E-state index < -0.39 is 11.8 Å². The smallest absolute Gasteiger partial charge is 0.313 e. The molecule has 0 aliphatic carbocycles. The quantitative estimate of drug-likeness (QED) is 0.600. The summed E-state index contributed by atoms with van der Waals surface area (Å²) in [5.74, 6) is -1.30. The van der Waals surface area contributed by atoms with Crippen molar-refractivity contribution in [3.8, 4) is 0 Å². The normalized spacial score (nSPS) is 16.2. The van der Waals surface area contributed by atoms with Crippen LogP contribution in [0.1, 0.15) is 17.3 Å². The fraction of sp³-hybridized carbons (Fsp3) is 0.348. The van der Waals surface area contributed by atoms with E-state index in [-0.39, 0.29) is 6.04 Å². The standard InChI is InChI=1S/C23H27N5O2S/c1-16-13-20(18-5-3-4-6-19(18)25-16)26-23(30)22(29)24-14-21(17-7-12-31-15-17)28-10-8-27(2)9-11-28/h3-7,12-13,15,21H,8-11,14H2,1-2H3,(H,24,29)(H,25,26,30)/t21-/m1/s1. The van der Waals surface area contributed by atoms with E-state index in [0.717, 1.165) is 42.8 Å². The molecule has 3 heterocycles. The first-order valence-electron chi connectivity index (χ1n) is 10.4. The lowest BCUT2D eigenvalue weighted by atomic mass is 10.1. The number of benzene rings is 1. The second kappa shape index (κ2) is 9.55. The zero-order valence-corrected chi connectivity index (χ0v) is 18.6. The minimum Gasteiger partial charge on any atom is -0.346 e. The molecule has 1 saturated heterocycles. The second-order valence-corrected chi connectivity index (χ2v) is 8.68. The van der Waals surface area contributed by atoms with E-state index in [9.17, 15) is 9.59 Å². The van der Waals surface area contributed by atoms with Crippen LogP contribution in [0.3, 0.4) is 0 Å². The Labute approximate surface area is 186 Å². The molecule has 1 fully saturated rings. The third-order valence-corrected chi connectivity index (χ3v) is 6.36. The van der Waals surface area contributed by atoms with Gasteiger partial charge in [-0.15, -0.1) is 0 Å². The van der Waals surface area contributed by atoms with Gasteiger partial charge in [0.2, 0.25) is 0 Å². The highest BCUT2D eigenvalue weighted by Gasteiger charge is 2.26. The molecule has 31 heavy (non-hydrogen) atoms. The first-order chi connectivity index (χ1) is 15.0. The van der Waals surface area contributed by atoms with Crippen molar-refractivity contribution in [2.45, 2.75) is 13.0 Å². The summed E-state index contributed by atoms with van der Waals surface area (Å²) in [6, 6.07) is 11.5. The van der Waals surface area contributed by atoms with Crippen LogP contribution in [0.15, 0.2) is 47.2 Å². The van der Waals surface area contributed by atoms with Crippen LogP contribution in [-0.2, 0) is 9.59 Å². The van der Waals surface area contributed by atoms with Gasteiger partial charge < -0.3 is 15.5 Å². The molecule has 0 spiro atoms. The number of amides is 2. The number of fused-ring (bicyclic) bond motifs is 1. The number of anilines is 1. The minimum atomic E-state index is -0.668. The molecule has 7 nitrogen and oxygen atoms in total. The summed E-state index contributed by atoms with van der Waals surface area (Å²) in [5, 5.41) is 10.6. The molecule has 1 aromatic carbocycles. The number of aryl methyl sites for hydroxylation is 1. The van der Waals surface area contributed by atoms with Gasteiger partial charge in [0.15, 0.2) is 0 Å². The molecular formula is C23H27N5O2S. The van der Waals surface area contributed by atoms with Crippen LogP contribution in [0.5, 0.6) is 0 Å². The van der Waals surface area contributed by atoms with Crippen molar-refractivity contribution in [3.63, 3.8) is 0 Å². The summed E-state index contributed by atoms with van der Waals surface area (Å²) < 4.78 is 0. The lowest BCUT2D eigenvalue weighted by Gasteiger charge is -2.37. The molecular weight excluding hydrogens is 410 g/mol. The van der Waals surface area contributed by atoms with Gasteiger partial charge in [0, 0.05) is 43.8 Å². The Morgan fingerprint density at radius 2 is 1.90 bits per heavy atom. The molecule has 1 atom stereocenters. The molecule has 0 bridgehead atoms. The molecule has 8 heteroatoms. The van der Waals surface area contributed by atoms with Gasteiger partial charge >= 0.3 is 11.8 Å². The van der Waals surface area contributed by atoms with E-state index in [0.29, 0.717) is 12.2 Å². The molecule has 2 N–H and O–H groups in total. The third kappa shape index (κ3) is 5.10. The van der Waals surface area contributed by atoms with Crippen molar-refractivity contribution in [3.05, 3.63) is 58.4 Å². The number of aromatic nitrogens is 1. The maximum absolute atomic E-state index is 12.6. The van der Waals surface area contributed by atoms with Crippen molar-refractivity contribution in [1.29, 1.82) is 0 Å². The van der Waals surface area contributed by atoms with E-state index in [1.54, 1.807) is 17.4 Å². The molecule has 2 amide bonds. The number of likely N-dealkylation sites (N-methyl/N-ethyl adjacent to an activating group) is 1. The average Bonchev–Trinajstić information content (AvgIpc) is 3.29. The maximum Gasteiger partial charge on any atom is 0.313 e. The highest BCUT2D eigenvalue weighted by atomic mass is 32.1. The van der Waals surface area contributed by atoms with Crippen LogP contribution < -0.4 is 10.6 Å². The number of carbonyl (C=O) groups excluding carboxylic acids is 2. The summed E-state index contributed by atoms with van der Waals surface area (Å²) in [7, 11) is 2.12. The summed E-state index contributed by atoms with van der Waals surface area (Å²) in [6.45, 7) is 6.10. The van der Waals surface area contributed by atoms with E-state index in [1.807, 2.05) is 36.6 Å². The number of pyridine rings is 1. The summed E-state index contributed by atoms with van der Waals surface area (Å²) >= 11 is 1.64. The lowest BCUT2D eigenvalue weighted by Crippen LogP contribution is -2.49. The Bertz CT molecular complexity index is 1060. The molecule has 3 aromatic rings. The number of piperazine rings is 1. The SMILES string of the molecule is Cc1cc(NC(=O)C(=O)NC[C@H](c2ccsc2)N2CCN(C)CC2)c2ccccc2n1. The fourth-order valence-electron chi connectivity index (χ4n) is 3.92. The van der Waals surface area contributed by atoms with Crippen LogP contribution in [-0.4, -0.2) is 66.4 Å². The number of nitrogens with zero attached hydrogens (tertiary/aromatic N) is 3. The Morgan fingerprint density at radius 1 is 1.13 bits per heavy atom. The van der Waals surface area contributed by atoms with E-state index in [4.69, 9.17) is 0 Å². The molecule has 0 radical (unpaired) electrons. The van der Waals surface area contributed by atoms with Crippen molar-refractivity contribution in [2.24, 2.45) is 0 Å². The number of para-hydroxylation sites is 1. The predicted octanol–water partition coefficient (Wildman–Crippen LogP) is 2.65. The molecule has 0 unspecified atom stereocenters. The van der Waals surface area contributed by atoms with Gasteiger partial charge in [-0.3, -0.25) is 19.5 Å². The second-order valence-electron chi connectivity index (χ2n) is 7.90. The minimum absolute atomic E-state index is 0.0562. The van der Waals surface area contributed by atoms with Crippen LogP contribution >= 0.6 is 11.3 Å². The number of hydrogen-bond donors (Lipinski definition) is 2. The van der Waals surface area contributed by atoms with Crippen LogP contribution in [0.4, 0.5) is 5.69 Å². The maximum atomic E-state index is 12.6. The Morgan fingerprint density at radius 3 is 2.65 bits per heavy atom. The zero-order chi connectivity index (χ0) is 21.8. The van der Waals surface area contributed by atoms with Gasteiger partial charge in [0.1, 0.15) is 0 Å². The van der Waals surface area contributed by atoms with E-state index >= 15 is 0 Å². The number of hydrogen-bond acceptors (Lipinski definition) is 6. The molecule has 1 aliphatic heterocycles. The fourth-order valence-corrected chi connectivity index (χ4v) is 4.62. The van der Waals surface area contributed by atoms with Crippen LogP contribution in [0, 0.1) is 6.92 Å². The van der Waals surface area contributed by atoms with Crippen LogP contribution in [0.25, 0.3) is 10.9 Å². The zero-order valence-electron chi connectivity index (χ0n) is 17.8. The van der Waals surface area contributed by atoms with Gasteiger partial charge in [-0.25, -0.2) is 0 Å². The first-order valence-corrected chi connectivity index (χ1v) is 11.4. The number of nitrogens with one attached hydrogen (secondary N) is 2. The number of rotatable bonds is 5. The summed E-state index contributed by atoms with van der Waals surface area (Å²) in [5.41, 5.74) is 3.33. The van der Waals surface area contributed by atoms with Gasteiger partial charge in [0.25, 0.3) is 0 Å². The van der Waals surface area contributed by atoms with Crippen molar-refractivity contribution >= 4 is 39.7 Å². The van der Waals surface area contributed by atoms with Gasteiger partial charge in [-0.2, -0.15) is 11.3 Å². The topological polar surface area (TPSA) is 77.6 Å². The van der Waals surface area contributed by atoms with Crippen molar-refractivity contribution in [1.82, 2.24) is 20.1 Å². The molecule has 0 saturated carbocycles.